The maximum absolute atomic E-state index is 11.9. The van der Waals surface area contributed by atoms with E-state index in [1.54, 1.807) is 6.92 Å². The Kier molecular flexibility index (Phi) is 4.43. The molecule has 0 spiro atoms. The Morgan fingerprint density at radius 3 is 2.95 bits per heavy atom. The van der Waals surface area contributed by atoms with Crippen molar-refractivity contribution in [2.75, 3.05) is 6.54 Å². The van der Waals surface area contributed by atoms with Crippen molar-refractivity contribution in [3.63, 3.8) is 0 Å². The van der Waals surface area contributed by atoms with Gasteiger partial charge in [-0.1, -0.05) is 11.6 Å². The third-order valence-corrected chi connectivity index (χ3v) is 3.37. The average Bonchev–Trinajstić information content (AvgIpc) is 2.57. The van der Waals surface area contributed by atoms with Crippen molar-refractivity contribution in [3.8, 4) is 5.75 Å². The number of hydrogen-bond acceptors (Lipinski definition) is 3. The van der Waals surface area contributed by atoms with Crippen LogP contribution in [-0.2, 0) is 4.79 Å². The predicted octanol–water partition coefficient (Wildman–Crippen LogP) is 2.10. The first kappa shape index (κ1) is 13.9. The standard InChI is InChI=1S/C15H21NO3/c1-10-6-7-13(12(9-10)11(2)17)19-14-5-3-4-8-16-15(14)18/h6-7,9,11,14,17H,3-5,8H2,1-2H3,(H,16,18). The minimum Gasteiger partial charge on any atom is -0.480 e. The number of carbonyl (C=O) groups excluding carboxylic acids is 1. The zero-order valence-corrected chi connectivity index (χ0v) is 11.5. The Balaban J connectivity index is 2.19. The van der Waals surface area contributed by atoms with E-state index in [-0.39, 0.29) is 5.91 Å². The van der Waals surface area contributed by atoms with E-state index in [1.165, 1.54) is 0 Å². The highest BCUT2D eigenvalue weighted by Gasteiger charge is 2.23. The quantitative estimate of drug-likeness (QED) is 0.878. The molecule has 1 amide bonds. The van der Waals surface area contributed by atoms with E-state index in [9.17, 15) is 9.90 Å². The number of ether oxygens (including phenoxy) is 1. The number of carbonyl (C=O) groups is 1. The fourth-order valence-corrected chi connectivity index (χ4v) is 2.28. The first-order valence-corrected chi connectivity index (χ1v) is 6.81. The van der Waals surface area contributed by atoms with Crippen LogP contribution in [0, 0.1) is 6.92 Å². The number of nitrogens with one attached hydrogen (secondary N) is 1. The molecule has 1 aliphatic rings. The van der Waals surface area contributed by atoms with Crippen LogP contribution in [0.5, 0.6) is 5.75 Å². The molecule has 1 heterocycles. The molecule has 4 nitrogen and oxygen atoms in total. The number of aliphatic hydroxyl groups excluding tert-OH is 1. The van der Waals surface area contributed by atoms with Crippen molar-refractivity contribution in [1.82, 2.24) is 5.32 Å². The smallest absolute Gasteiger partial charge is 0.261 e. The van der Waals surface area contributed by atoms with Gasteiger partial charge in [-0.05, 0) is 45.2 Å². The van der Waals surface area contributed by atoms with Gasteiger partial charge >= 0.3 is 0 Å². The second-order valence-corrected chi connectivity index (χ2v) is 5.11. The number of aryl methyl sites for hydroxylation is 1. The van der Waals surface area contributed by atoms with Crippen molar-refractivity contribution in [2.45, 2.75) is 45.3 Å². The van der Waals surface area contributed by atoms with Crippen LogP contribution in [0.3, 0.4) is 0 Å². The lowest BCUT2D eigenvalue weighted by Crippen LogP contribution is -2.36. The molecule has 104 valence electrons. The third kappa shape index (κ3) is 3.47. The minimum absolute atomic E-state index is 0.0605. The second-order valence-electron chi connectivity index (χ2n) is 5.11. The Bertz CT molecular complexity index is 457. The van der Waals surface area contributed by atoms with Gasteiger partial charge in [0.15, 0.2) is 6.10 Å². The molecule has 2 atom stereocenters. The molecular formula is C15H21NO3. The first-order valence-electron chi connectivity index (χ1n) is 6.81. The monoisotopic (exact) mass is 263 g/mol. The number of benzene rings is 1. The highest BCUT2D eigenvalue weighted by Crippen LogP contribution is 2.28. The Hall–Kier alpha value is -1.55. The number of aliphatic hydroxyl groups is 1. The molecular weight excluding hydrogens is 242 g/mol. The molecule has 1 fully saturated rings. The van der Waals surface area contributed by atoms with Gasteiger partial charge in [0.2, 0.25) is 0 Å². The summed E-state index contributed by atoms with van der Waals surface area (Å²) in [4.78, 5) is 11.9. The molecule has 2 rings (SSSR count). The molecule has 0 aromatic heterocycles. The fraction of sp³-hybridized carbons (Fsp3) is 0.533. The van der Waals surface area contributed by atoms with Crippen molar-refractivity contribution in [1.29, 1.82) is 0 Å². The lowest BCUT2D eigenvalue weighted by molar-refractivity contribution is -0.127. The topological polar surface area (TPSA) is 58.6 Å². The Morgan fingerprint density at radius 2 is 2.21 bits per heavy atom. The van der Waals surface area contributed by atoms with E-state index in [4.69, 9.17) is 4.74 Å². The molecule has 19 heavy (non-hydrogen) atoms. The van der Waals surface area contributed by atoms with Crippen LogP contribution < -0.4 is 10.1 Å². The molecule has 2 unspecified atom stereocenters. The second kappa shape index (κ2) is 6.06. The summed E-state index contributed by atoms with van der Waals surface area (Å²) < 4.78 is 5.82. The number of hydrogen-bond donors (Lipinski definition) is 2. The van der Waals surface area contributed by atoms with Crippen LogP contribution in [0.25, 0.3) is 0 Å². The molecule has 2 N–H and O–H groups in total. The summed E-state index contributed by atoms with van der Waals surface area (Å²) in [6.07, 6.45) is 1.62. The normalized spacial score (nSPS) is 21.4. The molecule has 0 bridgehead atoms. The van der Waals surface area contributed by atoms with E-state index in [1.807, 2.05) is 25.1 Å². The van der Waals surface area contributed by atoms with Crippen LogP contribution in [0.4, 0.5) is 0 Å². The van der Waals surface area contributed by atoms with Crippen LogP contribution >= 0.6 is 0 Å². The van der Waals surface area contributed by atoms with Gasteiger partial charge in [0.25, 0.3) is 5.91 Å². The fourth-order valence-electron chi connectivity index (χ4n) is 2.28. The molecule has 1 saturated heterocycles. The maximum Gasteiger partial charge on any atom is 0.261 e. The van der Waals surface area contributed by atoms with Crippen molar-refractivity contribution >= 4 is 5.91 Å². The van der Waals surface area contributed by atoms with Gasteiger partial charge < -0.3 is 15.2 Å². The predicted molar refractivity (Wildman–Crippen MR) is 73.1 cm³/mol. The molecule has 1 aromatic carbocycles. The van der Waals surface area contributed by atoms with E-state index >= 15 is 0 Å². The van der Waals surface area contributed by atoms with Crippen LogP contribution in [0.15, 0.2) is 18.2 Å². The first-order chi connectivity index (χ1) is 9.08. The zero-order chi connectivity index (χ0) is 13.8. The van der Waals surface area contributed by atoms with E-state index in [0.29, 0.717) is 5.75 Å². The summed E-state index contributed by atoms with van der Waals surface area (Å²) >= 11 is 0. The van der Waals surface area contributed by atoms with E-state index in [0.717, 1.165) is 36.9 Å². The summed E-state index contributed by atoms with van der Waals surface area (Å²) in [7, 11) is 0. The van der Waals surface area contributed by atoms with Crippen molar-refractivity contribution in [3.05, 3.63) is 29.3 Å². The highest BCUT2D eigenvalue weighted by atomic mass is 16.5. The summed E-state index contributed by atoms with van der Waals surface area (Å²) in [6.45, 7) is 4.39. The average molecular weight is 263 g/mol. The molecule has 4 heteroatoms. The summed E-state index contributed by atoms with van der Waals surface area (Å²) in [5, 5.41) is 12.6. The van der Waals surface area contributed by atoms with Gasteiger partial charge in [-0.2, -0.15) is 0 Å². The maximum atomic E-state index is 11.9. The largest absolute Gasteiger partial charge is 0.480 e. The molecule has 0 saturated carbocycles. The summed E-state index contributed by atoms with van der Waals surface area (Å²) in [5.41, 5.74) is 1.80. The van der Waals surface area contributed by atoms with Gasteiger partial charge in [0.1, 0.15) is 5.75 Å². The molecule has 1 aromatic rings. The summed E-state index contributed by atoms with van der Waals surface area (Å²) in [6, 6.07) is 5.65. The molecule has 0 radical (unpaired) electrons. The van der Waals surface area contributed by atoms with E-state index < -0.39 is 12.2 Å². The molecule has 0 aliphatic carbocycles. The van der Waals surface area contributed by atoms with Crippen molar-refractivity contribution < 1.29 is 14.6 Å². The van der Waals surface area contributed by atoms with Gasteiger partial charge in [0.05, 0.1) is 6.10 Å². The van der Waals surface area contributed by atoms with Gasteiger partial charge in [-0.3, -0.25) is 4.79 Å². The highest BCUT2D eigenvalue weighted by molar-refractivity contribution is 5.81. The van der Waals surface area contributed by atoms with Gasteiger partial charge in [-0.15, -0.1) is 0 Å². The van der Waals surface area contributed by atoms with Gasteiger partial charge in [-0.25, -0.2) is 0 Å². The number of amides is 1. The molecule has 1 aliphatic heterocycles. The minimum atomic E-state index is -0.608. The van der Waals surface area contributed by atoms with Crippen molar-refractivity contribution in [2.24, 2.45) is 0 Å². The Morgan fingerprint density at radius 1 is 1.42 bits per heavy atom. The third-order valence-electron chi connectivity index (χ3n) is 3.37. The van der Waals surface area contributed by atoms with E-state index in [2.05, 4.69) is 5.32 Å². The zero-order valence-electron chi connectivity index (χ0n) is 11.5. The van der Waals surface area contributed by atoms with Gasteiger partial charge in [0, 0.05) is 12.1 Å². The van der Waals surface area contributed by atoms with Crippen LogP contribution in [0.1, 0.15) is 43.4 Å². The van der Waals surface area contributed by atoms with Crippen LogP contribution in [-0.4, -0.2) is 23.7 Å². The lowest BCUT2D eigenvalue weighted by atomic mass is 10.1. The SMILES string of the molecule is Cc1ccc(OC2CCCCNC2=O)c(C(C)O)c1. The van der Waals surface area contributed by atoms with Crippen LogP contribution in [0.2, 0.25) is 0 Å². The number of rotatable bonds is 3. The lowest BCUT2D eigenvalue weighted by Gasteiger charge is -2.19. The summed E-state index contributed by atoms with van der Waals surface area (Å²) in [5.74, 6) is 0.539. The Labute approximate surface area is 113 Å².